The number of fused-ring (bicyclic) bond motifs is 1. The number of amides is 1. The number of benzene rings is 2. The minimum Gasteiger partial charge on any atom is -0.309 e. The maximum atomic E-state index is 13.4. The molecule has 2 heterocycles. The summed E-state index contributed by atoms with van der Waals surface area (Å²) in [5.74, 6) is -0.285. The number of hydrogen-bond acceptors (Lipinski definition) is 6. The van der Waals surface area contributed by atoms with Gasteiger partial charge in [-0.15, -0.1) is 0 Å². The number of pyridine rings is 1. The molecule has 2 aromatic carbocycles. The van der Waals surface area contributed by atoms with E-state index in [2.05, 4.69) is 15.0 Å². The Morgan fingerprint density at radius 1 is 0.972 bits per heavy atom. The number of nitrogens with zero attached hydrogens (tertiary/aromatic N) is 3. The molecule has 0 aliphatic heterocycles. The van der Waals surface area contributed by atoms with Gasteiger partial charge >= 0.3 is 5.69 Å². The summed E-state index contributed by atoms with van der Waals surface area (Å²) in [6, 6.07) is 16.9. The Morgan fingerprint density at radius 2 is 1.69 bits per heavy atom. The van der Waals surface area contributed by atoms with Crippen LogP contribution in [0.4, 0.5) is 5.82 Å². The Kier molecular flexibility index (Phi) is 6.86. The van der Waals surface area contributed by atoms with Crippen molar-refractivity contribution in [3.8, 4) is 0 Å². The highest BCUT2D eigenvalue weighted by Gasteiger charge is 2.27. The van der Waals surface area contributed by atoms with E-state index >= 15 is 0 Å². The van der Waals surface area contributed by atoms with Crippen molar-refractivity contribution in [3.63, 3.8) is 0 Å². The van der Waals surface area contributed by atoms with E-state index in [1.165, 1.54) is 36.9 Å². The average molecular weight is 508 g/mol. The number of carbonyl (C=O) groups is 1. The van der Waals surface area contributed by atoms with Crippen LogP contribution in [0.5, 0.6) is 0 Å². The van der Waals surface area contributed by atoms with E-state index in [1.807, 2.05) is 6.07 Å². The molecule has 0 fully saturated rings. The first-order chi connectivity index (χ1) is 17.1. The first kappa shape index (κ1) is 25.0. The minimum atomic E-state index is -4.24. The van der Waals surface area contributed by atoms with Crippen LogP contribution in [0.1, 0.15) is 11.3 Å². The summed E-state index contributed by atoms with van der Waals surface area (Å²) in [5.41, 5.74) is 0.603. The molecule has 11 heteroatoms. The summed E-state index contributed by atoms with van der Waals surface area (Å²) in [6.07, 6.45) is 0.0849. The van der Waals surface area contributed by atoms with Crippen molar-refractivity contribution in [2.75, 3.05) is 5.32 Å². The van der Waals surface area contributed by atoms with E-state index in [-0.39, 0.29) is 16.7 Å². The van der Waals surface area contributed by atoms with Crippen molar-refractivity contribution in [2.45, 2.75) is 24.3 Å². The predicted octanol–water partition coefficient (Wildman–Crippen LogP) is 1.47. The molecule has 1 amide bonds. The van der Waals surface area contributed by atoms with Crippen molar-refractivity contribution < 1.29 is 13.2 Å². The highest BCUT2D eigenvalue weighted by Crippen LogP contribution is 2.17. The fraction of sp³-hybridized carbons (Fsp3) is 0.200. The van der Waals surface area contributed by atoms with Crippen molar-refractivity contribution in [1.29, 1.82) is 0 Å². The zero-order chi connectivity index (χ0) is 26.0. The summed E-state index contributed by atoms with van der Waals surface area (Å²) < 4.78 is 31.3. The lowest BCUT2D eigenvalue weighted by Gasteiger charge is -2.19. The molecule has 0 aliphatic rings. The second-order valence-corrected chi connectivity index (χ2v) is 10.1. The van der Waals surface area contributed by atoms with Crippen LogP contribution >= 0.6 is 0 Å². The van der Waals surface area contributed by atoms with Crippen LogP contribution in [0, 0.1) is 6.92 Å². The van der Waals surface area contributed by atoms with Gasteiger partial charge in [0.1, 0.15) is 11.9 Å². The standard InChI is InChI=1S/C25H25N5O5S/c1-16-8-7-11-22(26-16)27-23(31)20(14-17-9-5-4-6-10-17)28-36(34,35)18-12-13-21-19(15-18)24(32)30(3)25(33)29(21)2/h4-13,15,20,28H,14H2,1-3H3,(H,26,27,31). The van der Waals surface area contributed by atoms with Gasteiger partial charge in [0.25, 0.3) is 5.56 Å². The lowest BCUT2D eigenvalue weighted by atomic mass is 10.1. The van der Waals surface area contributed by atoms with Crippen LogP contribution in [0.3, 0.4) is 0 Å². The fourth-order valence-corrected chi connectivity index (χ4v) is 5.08. The molecule has 10 nitrogen and oxygen atoms in total. The van der Waals surface area contributed by atoms with E-state index in [0.29, 0.717) is 17.0 Å². The number of aromatic nitrogens is 3. The highest BCUT2D eigenvalue weighted by molar-refractivity contribution is 7.89. The lowest BCUT2D eigenvalue weighted by molar-refractivity contribution is -0.117. The van der Waals surface area contributed by atoms with Crippen LogP contribution in [-0.4, -0.2) is 34.5 Å². The monoisotopic (exact) mass is 507 g/mol. The molecule has 1 atom stereocenters. The number of carbonyl (C=O) groups excluding carboxylic acids is 1. The minimum absolute atomic E-state index is 0.0653. The molecule has 0 saturated carbocycles. The molecule has 2 aromatic heterocycles. The van der Waals surface area contributed by atoms with Crippen LogP contribution < -0.4 is 21.3 Å². The molecule has 1 unspecified atom stereocenters. The Hall–Kier alpha value is -4.09. The molecule has 0 bridgehead atoms. The summed E-state index contributed by atoms with van der Waals surface area (Å²) in [4.78, 5) is 42.1. The van der Waals surface area contributed by atoms with Gasteiger partial charge in [0.05, 0.1) is 15.8 Å². The third-order valence-corrected chi connectivity index (χ3v) is 7.25. The van der Waals surface area contributed by atoms with Crippen molar-refractivity contribution in [3.05, 3.63) is 98.8 Å². The van der Waals surface area contributed by atoms with Gasteiger partial charge < -0.3 is 5.32 Å². The van der Waals surface area contributed by atoms with Crippen molar-refractivity contribution >= 4 is 32.7 Å². The number of hydrogen-bond donors (Lipinski definition) is 2. The molecular weight excluding hydrogens is 482 g/mol. The number of aryl methyl sites for hydroxylation is 2. The topological polar surface area (TPSA) is 132 Å². The Bertz CT molecular complexity index is 1680. The number of anilines is 1. The van der Waals surface area contributed by atoms with E-state index in [9.17, 15) is 22.8 Å². The molecule has 0 aliphatic carbocycles. The first-order valence-electron chi connectivity index (χ1n) is 11.1. The predicted molar refractivity (Wildman–Crippen MR) is 136 cm³/mol. The van der Waals surface area contributed by atoms with Crippen LogP contribution in [-0.2, 0) is 35.3 Å². The van der Waals surface area contributed by atoms with Crippen LogP contribution in [0.25, 0.3) is 10.9 Å². The maximum absolute atomic E-state index is 13.4. The van der Waals surface area contributed by atoms with E-state index in [0.717, 1.165) is 10.1 Å². The average Bonchev–Trinajstić information content (AvgIpc) is 2.86. The van der Waals surface area contributed by atoms with Crippen LogP contribution in [0.2, 0.25) is 0 Å². The molecule has 36 heavy (non-hydrogen) atoms. The second kappa shape index (κ2) is 9.88. The second-order valence-electron chi connectivity index (χ2n) is 8.40. The van der Waals surface area contributed by atoms with Gasteiger partial charge in [-0.2, -0.15) is 4.72 Å². The third kappa shape index (κ3) is 5.11. The Labute approximate surface area is 207 Å². The van der Waals surface area contributed by atoms with E-state index in [4.69, 9.17) is 0 Å². The molecule has 0 saturated heterocycles. The van der Waals surface area contributed by atoms with Gasteiger partial charge in [-0.3, -0.25) is 18.7 Å². The fourth-order valence-electron chi connectivity index (χ4n) is 3.86. The summed E-state index contributed by atoms with van der Waals surface area (Å²) >= 11 is 0. The Balaban J connectivity index is 1.71. The molecule has 4 aromatic rings. The number of nitrogens with one attached hydrogen (secondary N) is 2. The summed E-state index contributed by atoms with van der Waals surface area (Å²) in [5, 5.41) is 2.73. The molecule has 4 rings (SSSR count). The third-order valence-electron chi connectivity index (χ3n) is 5.78. The zero-order valence-corrected chi connectivity index (χ0v) is 20.7. The quantitative estimate of drug-likeness (QED) is 0.389. The Morgan fingerprint density at radius 3 is 2.39 bits per heavy atom. The molecule has 0 spiro atoms. The van der Waals surface area contributed by atoms with Gasteiger partial charge in [-0.25, -0.2) is 18.2 Å². The first-order valence-corrected chi connectivity index (χ1v) is 12.6. The van der Waals surface area contributed by atoms with Gasteiger partial charge in [-0.1, -0.05) is 36.4 Å². The smallest absolute Gasteiger partial charge is 0.309 e. The molecule has 2 N–H and O–H groups in total. The van der Waals surface area contributed by atoms with Crippen molar-refractivity contribution in [1.82, 2.24) is 18.8 Å². The van der Waals surface area contributed by atoms with Gasteiger partial charge in [0.15, 0.2) is 0 Å². The SMILES string of the molecule is Cc1cccc(NC(=O)C(Cc2ccccc2)NS(=O)(=O)c2ccc3c(c2)c(=O)n(C)c(=O)n3C)n1. The van der Waals surface area contributed by atoms with Gasteiger partial charge in [0.2, 0.25) is 15.9 Å². The van der Waals surface area contributed by atoms with Crippen LogP contribution in [0.15, 0.2) is 81.2 Å². The summed E-state index contributed by atoms with van der Waals surface area (Å²) in [7, 11) is -1.42. The normalized spacial score (nSPS) is 12.4. The molecule has 0 radical (unpaired) electrons. The van der Waals surface area contributed by atoms with Gasteiger partial charge in [0, 0.05) is 19.8 Å². The lowest BCUT2D eigenvalue weighted by Crippen LogP contribution is -2.45. The largest absolute Gasteiger partial charge is 0.330 e. The summed E-state index contributed by atoms with van der Waals surface area (Å²) in [6.45, 7) is 1.78. The molecular formula is C25H25N5O5S. The number of sulfonamides is 1. The van der Waals surface area contributed by atoms with E-state index in [1.54, 1.807) is 49.4 Å². The number of rotatable bonds is 7. The van der Waals surface area contributed by atoms with E-state index < -0.39 is 33.2 Å². The van der Waals surface area contributed by atoms with Crippen molar-refractivity contribution in [2.24, 2.45) is 14.1 Å². The maximum Gasteiger partial charge on any atom is 0.330 e. The zero-order valence-electron chi connectivity index (χ0n) is 19.9. The van der Waals surface area contributed by atoms with Gasteiger partial charge in [-0.05, 0) is 49.2 Å². The highest BCUT2D eigenvalue weighted by atomic mass is 32.2. The molecule has 186 valence electrons.